The minimum Gasteiger partial charge on any atom is -0.508 e. The SMILES string of the molecule is O=C(O)CC[C@H](NC(=O)N[C@@H](CCC(=O)NCCNC(=O)CC[C@H](NC(=S)Nc1ccc(-c2c3ccc(=O)cc-3oc3cc(O)ccc23)c(C(=O)O)c1)C(=O)O)C(=O)O)C(=O)O. The zero-order valence-corrected chi connectivity index (χ0v) is 33.1. The minimum absolute atomic E-state index is 0.0982. The van der Waals surface area contributed by atoms with Crippen LogP contribution in [0, 0.1) is 0 Å². The maximum atomic E-state index is 12.6. The van der Waals surface area contributed by atoms with Crippen LogP contribution in [0.25, 0.3) is 33.4 Å². The summed E-state index contributed by atoms with van der Waals surface area (Å²) in [5, 5.41) is 71.8. The number of amides is 4. The number of carbonyl (C=O) groups is 8. The number of hydrogen-bond acceptors (Lipinski definition) is 12. The van der Waals surface area contributed by atoms with E-state index in [4.69, 9.17) is 26.8 Å². The van der Waals surface area contributed by atoms with Crippen LogP contribution in [0.5, 0.6) is 5.75 Å². The highest BCUT2D eigenvalue weighted by molar-refractivity contribution is 7.80. The number of nitrogens with one attached hydrogen (secondary N) is 6. The number of aliphatic carboxylic acids is 4. The number of thiocarbonyl (C=S) groups is 1. The zero-order valence-electron chi connectivity index (χ0n) is 32.3. The molecule has 0 saturated carbocycles. The van der Waals surface area contributed by atoms with E-state index in [2.05, 4.69) is 21.3 Å². The normalized spacial score (nSPS) is 12.3. The molecule has 22 nitrogen and oxygen atoms in total. The lowest BCUT2D eigenvalue weighted by Crippen LogP contribution is -2.51. The fourth-order valence-corrected chi connectivity index (χ4v) is 6.28. The molecule has 23 heteroatoms. The molecule has 0 spiro atoms. The molecule has 4 rings (SSSR count). The number of carbonyl (C=O) groups excluding carboxylic acids is 3. The van der Waals surface area contributed by atoms with Crippen molar-refractivity contribution in [3.63, 3.8) is 0 Å². The summed E-state index contributed by atoms with van der Waals surface area (Å²) in [4.78, 5) is 107. The van der Waals surface area contributed by atoms with Gasteiger partial charge in [-0.05, 0) is 73.4 Å². The van der Waals surface area contributed by atoms with Crippen LogP contribution in [0.2, 0.25) is 0 Å². The Hall–Kier alpha value is -7.82. The van der Waals surface area contributed by atoms with E-state index in [0.717, 1.165) is 0 Å². The van der Waals surface area contributed by atoms with Crippen molar-refractivity contribution < 1.29 is 73.4 Å². The monoisotopic (exact) mass is 880 g/mol. The topological polar surface area (TPSA) is 360 Å². The Morgan fingerprint density at radius 2 is 1.19 bits per heavy atom. The number of hydrogen-bond donors (Lipinski definition) is 12. The molecular formula is C39H40N6O16S. The summed E-state index contributed by atoms with van der Waals surface area (Å²) in [6, 6.07) is 6.77. The van der Waals surface area contributed by atoms with E-state index in [9.17, 15) is 63.6 Å². The van der Waals surface area contributed by atoms with Crippen molar-refractivity contribution in [3.05, 3.63) is 70.4 Å². The summed E-state index contributed by atoms with van der Waals surface area (Å²) < 4.78 is 5.84. The number of phenols is 1. The standard InChI is InChI=1S/C39H40N6O16S/c46-19-2-5-22-28(16-19)61-29-17-20(47)3-6-23(29)33(22)21-4-1-18(15-24(21)34(52)53)42-39(62)45-27(37(58)59)8-11-31(49)41-14-13-40-30(48)10-7-25(35(54)55)43-38(60)44-26(36(56)57)9-12-32(50)51/h1-6,15-17,25-27,46H,7-14H2,(H,40,48)(H,41,49)(H,50,51)(H,52,53)(H,54,55)(H,56,57)(H,58,59)(H2,42,45,62)(H2,43,44,60)/t25-,26-,27-/m0/s1. The lowest BCUT2D eigenvalue weighted by atomic mass is 9.90. The molecule has 328 valence electrons. The van der Waals surface area contributed by atoms with Crippen LogP contribution in [0.1, 0.15) is 48.9 Å². The molecule has 1 aliphatic carbocycles. The van der Waals surface area contributed by atoms with Crippen LogP contribution in [0.4, 0.5) is 10.5 Å². The highest BCUT2D eigenvalue weighted by atomic mass is 32.1. The van der Waals surface area contributed by atoms with E-state index in [1.165, 1.54) is 48.5 Å². The Morgan fingerprint density at radius 1 is 0.645 bits per heavy atom. The van der Waals surface area contributed by atoms with Gasteiger partial charge < -0.3 is 67.0 Å². The van der Waals surface area contributed by atoms with Crippen molar-refractivity contribution in [2.24, 2.45) is 0 Å². The number of anilines is 1. The number of fused-ring (bicyclic) bond motifs is 2. The summed E-state index contributed by atoms with van der Waals surface area (Å²) in [6.07, 6.45) is -2.39. The molecule has 0 bridgehead atoms. The highest BCUT2D eigenvalue weighted by Crippen LogP contribution is 2.42. The molecule has 62 heavy (non-hydrogen) atoms. The molecule has 2 aliphatic rings. The molecule has 2 aromatic rings. The average Bonchev–Trinajstić information content (AvgIpc) is 3.19. The van der Waals surface area contributed by atoms with Crippen LogP contribution < -0.4 is 37.3 Å². The van der Waals surface area contributed by atoms with Crippen LogP contribution in [0.15, 0.2) is 63.8 Å². The molecule has 12 N–H and O–H groups in total. The third kappa shape index (κ3) is 13.4. The molecule has 0 saturated heterocycles. The number of carboxylic acids is 5. The molecule has 0 fully saturated rings. The van der Waals surface area contributed by atoms with E-state index in [-0.39, 0.29) is 70.4 Å². The third-order valence-electron chi connectivity index (χ3n) is 9.00. The third-order valence-corrected chi connectivity index (χ3v) is 9.22. The van der Waals surface area contributed by atoms with Gasteiger partial charge in [0.05, 0.1) is 5.56 Å². The molecule has 0 unspecified atom stereocenters. The zero-order chi connectivity index (χ0) is 45.7. The van der Waals surface area contributed by atoms with Gasteiger partial charge in [-0.2, -0.15) is 0 Å². The Morgan fingerprint density at radius 3 is 1.74 bits per heavy atom. The predicted octanol–water partition coefficient (Wildman–Crippen LogP) is 1.57. The summed E-state index contributed by atoms with van der Waals surface area (Å²) in [6.45, 7) is -0.207. The number of phenolic OH excluding ortho intramolecular Hbond substituents is 1. The second-order valence-corrected chi connectivity index (χ2v) is 13.9. The fourth-order valence-electron chi connectivity index (χ4n) is 6.02. The maximum absolute atomic E-state index is 12.6. The number of benzene rings is 3. The first kappa shape index (κ1) is 46.9. The quantitative estimate of drug-likeness (QED) is 0.0321. The minimum atomic E-state index is -1.61. The number of aromatic carboxylic acids is 1. The van der Waals surface area contributed by atoms with Gasteiger partial charge in [0.1, 0.15) is 35.2 Å². The van der Waals surface area contributed by atoms with Gasteiger partial charge in [-0.3, -0.25) is 19.2 Å². The molecular weight excluding hydrogens is 841 g/mol. The molecule has 1 aliphatic heterocycles. The average molecular weight is 881 g/mol. The van der Waals surface area contributed by atoms with E-state index >= 15 is 0 Å². The molecule has 0 radical (unpaired) electrons. The predicted molar refractivity (Wildman–Crippen MR) is 220 cm³/mol. The second-order valence-electron chi connectivity index (χ2n) is 13.5. The van der Waals surface area contributed by atoms with Crippen molar-refractivity contribution >= 4 is 81.7 Å². The van der Waals surface area contributed by atoms with E-state index in [1.54, 1.807) is 6.07 Å². The van der Waals surface area contributed by atoms with Gasteiger partial charge in [-0.1, -0.05) is 6.07 Å². The van der Waals surface area contributed by atoms with Crippen molar-refractivity contribution in [3.8, 4) is 28.2 Å². The van der Waals surface area contributed by atoms with Crippen molar-refractivity contribution in [2.45, 2.75) is 56.7 Å². The smallest absolute Gasteiger partial charge is 0.336 e. The molecule has 3 atom stereocenters. The largest absolute Gasteiger partial charge is 0.508 e. The summed E-state index contributed by atoms with van der Waals surface area (Å²) >= 11 is 5.29. The Bertz CT molecular complexity index is 2440. The second kappa shape index (κ2) is 21.4. The first-order valence-electron chi connectivity index (χ1n) is 18.5. The van der Waals surface area contributed by atoms with Gasteiger partial charge in [-0.25, -0.2) is 24.0 Å². The molecule has 4 amide bonds. The van der Waals surface area contributed by atoms with Gasteiger partial charge in [0, 0.05) is 66.7 Å². The number of aromatic hydroxyl groups is 1. The van der Waals surface area contributed by atoms with Gasteiger partial charge in [0.2, 0.25) is 11.8 Å². The molecule has 2 aromatic carbocycles. The molecule has 0 aromatic heterocycles. The lowest BCUT2D eigenvalue weighted by Gasteiger charge is -2.19. The molecule has 1 heterocycles. The first-order valence-corrected chi connectivity index (χ1v) is 18.9. The summed E-state index contributed by atoms with van der Waals surface area (Å²) in [5.74, 6) is -8.26. The fraction of sp³-hybridized carbons (Fsp3) is 0.282. The van der Waals surface area contributed by atoms with Crippen LogP contribution in [0.3, 0.4) is 0 Å². The Kier molecular flexibility index (Phi) is 16.2. The van der Waals surface area contributed by atoms with E-state index < -0.39 is 91.5 Å². The van der Waals surface area contributed by atoms with Gasteiger partial charge in [-0.15, -0.1) is 0 Å². The van der Waals surface area contributed by atoms with Crippen molar-refractivity contribution in [1.82, 2.24) is 26.6 Å². The van der Waals surface area contributed by atoms with E-state index in [0.29, 0.717) is 16.5 Å². The number of carboxylic acid groups (broad SMARTS) is 5. The van der Waals surface area contributed by atoms with Crippen LogP contribution in [-0.4, -0.2) is 115 Å². The summed E-state index contributed by atoms with van der Waals surface area (Å²) in [5.41, 5.74) is 0.880. The van der Waals surface area contributed by atoms with Gasteiger partial charge >= 0.3 is 35.9 Å². The van der Waals surface area contributed by atoms with Gasteiger partial charge in [0.15, 0.2) is 10.5 Å². The van der Waals surface area contributed by atoms with Crippen LogP contribution in [-0.2, 0) is 28.8 Å². The van der Waals surface area contributed by atoms with Crippen molar-refractivity contribution in [1.29, 1.82) is 0 Å². The summed E-state index contributed by atoms with van der Waals surface area (Å²) in [7, 11) is 0. The number of rotatable bonds is 21. The van der Waals surface area contributed by atoms with E-state index in [1.807, 2.05) is 10.6 Å². The number of urea groups is 1. The van der Waals surface area contributed by atoms with Crippen molar-refractivity contribution in [2.75, 3.05) is 18.4 Å². The highest BCUT2D eigenvalue weighted by Gasteiger charge is 2.27. The Labute approximate surface area is 354 Å². The maximum Gasteiger partial charge on any atom is 0.336 e. The van der Waals surface area contributed by atoms with Gasteiger partial charge in [0.25, 0.3) is 0 Å². The van der Waals surface area contributed by atoms with Crippen LogP contribution >= 0.6 is 12.2 Å². The lowest BCUT2D eigenvalue weighted by molar-refractivity contribution is -0.141. The first-order chi connectivity index (χ1) is 29.3. The Balaban J connectivity index is 1.27.